The Kier molecular flexibility index (Phi) is 7.60. The lowest BCUT2D eigenvalue weighted by Crippen LogP contribution is -2.49. The number of rotatable bonds is 9. The molecule has 1 saturated heterocycles. The van der Waals surface area contributed by atoms with Gasteiger partial charge in [0.1, 0.15) is 5.69 Å². The molecule has 0 radical (unpaired) electrons. The van der Waals surface area contributed by atoms with Crippen LogP contribution in [0.4, 0.5) is 11.4 Å². The number of sulfonamides is 1. The van der Waals surface area contributed by atoms with E-state index in [-0.39, 0.29) is 35.7 Å². The normalized spacial score (nSPS) is 17.0. The quantitative estimate of drug-likeness (QED) is 0.272. The molecule has 0 bridgehead atoms. The summed E-state index contributed by atoms with van der Waals surface area (Å²) in [4.78, 5) is 26.2. The van der Waals surface area contributed by atoms with Crippen molar-refractivity contribution in [2.24, 2.45) is 5.41 Å². The first-order valence-corrected chi connectivity index (χ1v) is 14.9. The van der Waals surface area contributed by atoms with Gasteiger partial charge in [0.2, 0.25) is 15.8 Å². The zero-order valence-electron chi connectivity index (χ0n) is 22.2. The van der Waals surface area contributed by atoms with Gasteiger partial charge in [0.15, 0.2) is 0 Å². The van der Waals surface area contributed by atoms with Crippen LogP contribution in [-0.4, -0.2) is 60.2 Å². The minimum absolute atomic E-state index is 0.0334. The number of benzene rings is 2. The number of nitrogens with zero attached hydrogens (tertiary/aromatic N) is 5. The number of anilines is 1. The number of nitro groups is 1. The number of aromatic nitrogens is 2. The summed E-state index contributed by atoms with van der Waals surface area (Å²) < 4.78 is 35.1. The number of aryl methyl sites for hydroxylation is 1. The Morgan fingerprint density at radius 1 is 1.12 bits per heavy atom. The van der Waals surface area contributed by atoms with Crippen LogP contribution in [0.5, 0.6) is 5.75 Å². The molecule has 13 heteroatoms. The van der Waals surface area contributed by atoms with E-state index in [0.29, 0.717) is 47.2 Å². The highest BCUT2D eigenvalue weighted by molar-refractivity contribution is 7.88. The van der Waals surface area contributed by atoms with E-state index in [1.807, 2.05) is 4.90 Å². The molecule has 212 valence electrons. The van der Waals surface area contributed by atoms with Crippen LogP contribution in [0.1, 0.15) is 30.9 Å². The van der Waals surface area contributed by atoms with Gasteiger partial charge in [-0.1, -0.05) is 36.7 Å². The predicted octanol–water partition coefficient (Wildman–Crippen LogP) is 3.93. The van der Waals surface area contributed by atoms with E-state index in [0.717, 1.165) is 12.8 Å². The molecule has 3 aromatic rings. The third kappa shape index (κ3) is 5.98. The van der Waals surface area contributed by atoms with Crippen molar-refractivity contribution < 1.29 is 18.1 Å². The maximum absolute atomic E-state index is 13.6. The Bertz CT molecular complexity index is 1610. The maximum Gasteiger partial charge on any atom is 0.316 e. The van der Waals surface area contributed by atoms with Gasteiger partial charge in [0.05, 0.1) is 29.2 Å². The fourth-order valence-corrected chi connectivity index (χ4v) is 6.32. The highest BCUT2D eigenvalue weighted by Gasteiger charge is 2.39. The van der Waals surface area contributed by atoms with Gasteiger partial charge in [-0.05, 0) is 43.5 Å². The van der Waals surface area contributed by atoms with Gasteiger partial charge in [-0.2, -0.15) is 14.1 Å². The molecular weight excluding hydrogens is 558 g/mol. The van der Waals surface area contributed by atoms with E-state index in [1.165, 1.54) is 15.1 Å². The number of hydrogen-bond donors (Lipinski definition) is 0. The largest absolute Gasteiger partial charge is 0.486 e. The first-order chi connectivity index (χ1) is 19.0. The molecule has 1 aliphatic carbocycles. The first kappa shape index (κ1) is 28.1. The Labute approximate surface area is 237 Å². The van der Waals surface area contributed by atoms with Crippen molar-refractivity contribution >= 4 is 33.0 Å². The molecule has 0 unspecified atom stereocenters. The van der Waals surface area contributed by atoms with Crippen LogP contribution in [0, 0.1) is 22.5 Å². The monoisotopic (exact) mass is 587 g/mol. The summed E-state index contributed by atoms with van der Waals surface area (Å²) in [5, 5.41) is 16.1. The molecule has 2 aromatic carbocycles. The SMILES string of the molecule is Cc1ccc(CS(=O)(=O)N2CCN(c3cnn(-c4cccc(Cl)c4)c(=O)c3OCC3(C)CC3)CC2)cc1[N+](=O)[O-]. The topological polar surface area (TPSA) is 128 Å². The summed E-state index contributed by atoms with van der Waals surface area (Å²) in [6.07, 6.45) is 3.62. The van der Waals surface area contributed by atoms with Crippen molar-refractivity contribution in [3.63, 3.8) is 0 Å². The van der Waals surface area contributed by atoms with E-state index >= 15 is 0 Å². The molecule has 0 N–H and O–H groups in total. The second kappa shape index (κ2) is 10.8. The number of nitro benzene ring substituents is 1. The number of hydrogen-bond acceptors (Lipinski definition) is 8. The van der Waals surface area contributed by atoms with E-state index in [9.17, 15) is 23.3 Å². The molecular formula is C27H30ClN5O6S. The van der Waals surface area contributed by atoms with Crippen molar-refractivity contribution in [1.82, 2.24) is 14.1 Å². The van der Waals surface area contributed by atoms with Gasteiger partial charge >= 0.3 is 5.56 Å². The van der Waals surface area contributed by atoms with Crippen LogP contribution in [-0.2, 0) is 15.8 Å². The molecule has 2 fully saturated rings. The summed E-state index contributed by atoms with van der Waals surface area (Å²) in [6, 6.07) is 11.3. The summed E-state index contributed by atoms with van der Waals surface area (Å²) in [5.74, 6) is -0.162. The molecule has 0 atom stereocenters. The lowest BCUT2D eigenvalue weighted by atomic mass is 10.1. The number of halogens is 1. The second-order valence-electron chi connectivity index (χ2n) is 10.7. The molecule has 1 aliphatic heterocycles. The number of ether oxygens (including phenoxy) is 1. The summed E-state index contributed by atoms with van der Waals surface area (Å²) >= 11 is 6.13. The molecule has 0 amide bonds. The maximum atomic E-state index is 13.6. The lowest BCUT2D eigenvalue weighted by Gasteiger charge is -2.35. The van der Waals surface area contributed by atoms with Crippen molar-refractivity contribution in [2.75, 3.05) is 37.7 Å². The molecule has 1 aromatic heterocycles. The van der Waals surface area contributed by atoms with Crippen LogP contribution < -0.4 is 15.2 Å². The Balaban J connectivity index is 1.35. The zero-order valence-corrected chi connectivity index (χ0v) is 23.8. The van der Waals surface area contributed by atoms with Crippen LogP contribution >= 0.6 is 11.6 Å². The van der Waals surface area contributed by atoms with E-state index in [1.54, 1.807) is 49.5 Å². The average molecular weight is 588 g/mol. The van der Waals surface area contributed by atoms with Crippen molar-refractivity contribution in [3.8, 4) is 11.4 Å². The Morgan fingerprint density at radius 2 is 1.85 bits per heavy atom. The minimum atomic E-state index is -3.72. The van der Waals surface area contributed by atoms with Crippen LogP contribution in [0.3, 0.4) is 0 Å². The first-order valence-electron chi connectivity index (χ1n) is 12.9. The van der Waals surface area contributed by atoms with Gasteiger partial charge < -0.3 is 9.64 Å². The molecule has 2 aliphatic rings. The smallest absolute Gasteiger partial charge is 0.316 e. The summed E-state index contributed by atoms with van der Waals surface area (Å²) in [5.41, 5.74) is 1.37. The Hall–Kier alpha value is -3.48. The summed E-state index contributed by atoms with van der Waals surface area (Å²) in [7, 11) is -3.72. The Morgan fingerprint density at radius 3 is 2.50 bits per heavy atom. The van der Waals surface area contributed by atoms with Gasteiger partial charge in [0.25, 0.3) is 5.69 Å². The predicted molar refractivity (Wildman–Crippen MR) is 152 cm³/mol. The van der Waals surface area contributed by atoms with E-state index < -0.39 is 20.5 Å². The number of piperazine rings is 1. The van der Waals surface area contributed by atoms with Gasteiger partial charge in [-0.25, -0.2) is 8.42 Å². The standard InChI is InChI=1S/C27H30ClN5O6S/c1-19-6-7-20(14-23(19)33(35)36)17-40(37,38)31-12-10-30(11-13-31)24-16-29-32(22-5-3-4-21(28)15-22)26(34)25(24)39-18-27(2)8-9-27/h3-7,14-16H,8-13,17-18H2,1-2H3. The van der Waals surface area contributed by atoms with Gasteiger partial charge in [-0.15, -0.1) is 0 Å². The van der Waals surface area contributed by atoms with Crippen LogP contribution in [0.15, 0.2) is 53.5 Å². The molecule has 5 rings (SSSR count). The van der Waals surface area contributed by atoms with E-state index in [2.05, 4.69) is 12.0 Å². The van der Waals surface area contributed by atoms with Crippen molar-refractivity contribution in [3.05, 3.63) is 85.3 Å². The second-order valence-corrected chi connectivity index (χ2v) is 13.1. The summed E-state index contributed by atoms with van der Waals surface area (Å²) in [6.45, 7) is 5.13. The van der Waals surface area contributed by atoms with Gasteiger partial charge in [0, 0.05) is 48.2 Å². The third-order valence-corrected chi connectivity index (χ3v) is 9.51. The van der Waals surface area contributed by atoms with E-state index in [4.69, 9.17) is 16.3 Å². The minimum Gasteiger partial charge on any atom is -0.486 e. The molecule has 2 heterocycles. The lowest BCUT2D eigenvalue weighted by molar-refractivity contribution is -0.385. The molecule has 11 nitrogen and oxygen atoms in total. The fraction of sp³-hybridized carbons (Fsp3) is 0.407. The fourth-order valence-electron chi connectivity index (χ4n) is 4.64. The van der Waals surface area contributed by atoms with Crippen molar-refractivity contribution in [1.29, 1.82) is 0 Å². The highest BCUT2D eigenvalue weighted by atomic mass is 35.5. The average Bonchev–Trinajstić information content (AvgIpc) is 3.65. The van der Waals surface area contributed by atoms with Crippen LogP contribution in [0.2, 0.25) is 5.02 Å². The van der Waals surface area contributed by atoms with Gasteiger partial charge in [-0.3, -0.25) is 14.9 Å². The molecule has 40 heavy (non-hydrogen) atoms. The third-order valence-electron chi connectivity index (χ3n) is 7.43. The van der Waals surface area contributed by atoms with Crippen molar-refractivity contribution in [2.45, 2.75) is 32.4 Å². The zero-order chi connectivity index (χ0) is 28.7. The molecule has 1 saturated carbocycles. The highest BCUT2D eigenvalue weighted by Crippen LogP contribution is 2.45. The van der Waals surface area contributed by atoms with Crippen LogP contribution in [0.25, 0.3) is 5.69 Å². The molecule has 0 spiro atoms.